The Morgan fingerprint density at radius 1 is 0.472 bits per heavy atom. The summed E-state index contributed by atoms with van der Waals surface area (Å²) in [5.41, 5.74) is -8.94. The van der Waals surface area contributed by atoms with Gasteiger partial charge < -0.3 is 0 Å². The van der Waals surface area contributed by atoms with Crippen molar-refractivity contribution < 1.29 is 69.5 Å². The molecule has 0 aliphatic heterocycles. The number of sulfonamides is 2. The number of hydrogen-bond acceptors (Lipinski definition) is 5. The van der Waals surface area contributed by atoms with Crippen molar-refractivity contribution in [1.82, 2.24) is 3.82 Å². The van der Waals surface area contributed by atoms with Crippen LogP contribution < -0.4 is 5.84 Å². The van der Waals surface area contributed by atoms with Crippen molar-refractivity contribution in [2.45, 2.75) is 34.5 Å². The maximum atomic E-state index is 13.0. The zero-order valence-electron chi connectivity index (χ0n) is 16.5. The lowest BCUT2D eigenvalue weighted by Crippen LogP contribution is -2.42. The van der Waals surface area contributed by atoms with Crippen LogP contribution in [-0.4, -0.2) is 20.7 Å². The van der Waals surface area contributed by atoms with Crippen LogP contribution in [0.15, 0.2) is 46.2 Å². The number of alkyl halides is 12. The first-order valence-corrected chi connectivity index (χ1v) is 11.3. The molecule has 0 aliphatic rings. The van der Waals surface area contributed by atoms with E-state index in [0.717, 1.165) is 0 Å². The first-order chi connectivity index (χ1) is 15.8. The Balaban J connectivity index is 2.79. The summed E-state index contributed by atoms with van der Waals surface area (Å²) < 4.78 is 205. The molecule has 20 heteroatoms. The summed E-state index contributed by atoms with van der Waals surface area (Å²) in [6.07, 6.45) is -22.4. The minimum absolute atomic E-state index is 0.465. The van der Waals surface area contributed by atoms with E-state index in [9.17, 15) is 69.5 Å². The molecule has 202 valence electrons. The van der Waals surface area contributed by atoms with Gasteiger partial charge in [0.1, 0.15) is 0 Å². The van der Waals surface area contributed by atoms with Crippen molar-refractivity contribution >= 4 is 20.0 Å². The average Bonchev–Trinajstić information content (AvgIpc) is 2.69. The topological polar surface area (TPSA) is 97.5 Å². The molecular weight excluding hydrogens is 576 g/mol. The minimum atomic E-state index is -6.15. The first kappa shape index (κ1) is 29.6. The minimum Gasteiger partial charge on any atom is -0.240 e. The summed E-state index contributed by atoms with van der Waals surface area (Å²) in [5.74, 6) is 4.86. The van der Waals surface area contributed by atoms with Gasteiger partial charge >= 0.3 is 24.7 Å². The number of halogens is 12. The van der Waals surface area contributed by atoms with E-state index in [1.807, 2.05) is 0 Å². The van der Waals surface area contributed by atoms with Gasteiger partial charge in [0, 0.05) is 0 Å². The van der Waals surface area contributed by atoms with Gasteiger partial charge in [0.25, 0.3) is 20.0 Å². The van der Waals surface area contributed by atoms with Crippen LogP contribution in [0.25, 0.3) is 0 Å². The van der Waals surface area contributed by atoms with Crippen LogP contribution in [-0.2, 0) is 44.8 Å². The molecule has 0 heterocycles. The molecule has 0 aliphatic carbocycles. The molecule has 2 rings (SSSR count). The molecule has 0 fully saturated rings. The summed E-state index contributed by atoms with van der Waals surface area (Å²) >= 11 is 0. The van der Waals surface area contributed by atoms with Gasteiger partial charge in [-0.2, -0.15) is 52.7 Å². The third-order valence-electron chi connectivity index (χ3n) is 4.19. The molecule has 2 aromatic rings. The van der Waals surface area contributed by atoms with Gasteiger partial charge in [-0.15, -0.1) is 0 Å². The van der Waals surface area contributed by atoms with E-state index in [1.165, 1.54) is 0 Å². The fraction of sp³-hybridized carbons (Fsp3) is 0.250. The van der Waals surface area contributed by atoms with Crippen molar-refractivity contribution in [3.8, 4) is 0 Å². The van der Waals surface area contributed by atoms with Gasteiger partial charge in [0.15, 0.2) is 0 Å². The first-order valence-electron chi connectivity index (χ1n) is 8.43. The number of benzene rings is 2. The zero-order chi connectivity index (χ0) is 28.3. The third kappa shape index (κ3) is 6.03. The van der Waals surface area contributed by atoms with E-state index >= 15 is 0 Å². The molecule has 0 atom stereocenters. The molecule has 0 unspecified atom stereocenters. The molecule has 6 nitrogen and oxygen atoms in total. The van der Waals surface area contributed by atoms with Crippen LogP contribution in [0.1, 0.15) is 22.3 Å². The molecule has 0 saturated heterocycles. The Bertz CT molecular complexity index is 1210. The summed E-state index contributed by atoms with van der Waals surface area (Å²) in [4.78, 5) is -4.06. The molecule has 0 amide bonds. The second kappa shape index (κ2) is 8.77. The number of hydrazine groups is 1. The molecule has 0 radical (unpaired) electrons. The van der Waals surface area contributed by atoms with Crippen molar-refractivity contribution in [1.29, 1.82) is 0 Å². The van der Waals surface area contributed by atoms with Gasteiger partial charge in [-0.1, -0.05) is 0 Å². The Morgan fingerprint density at radius 2 is 0.667 bits per heavy atom. The summed E-state index contributed by atoms with van der Waals surface area (Å²) in [5, 5.41) is 0. The quantitative estimate of drug-likeness (QED) is 0.310. The lowest BCUT2D eigenvalue weighted by Gasteiger charge is -2.20. The standard InChI is InChI=1S/C16H8F12N2O4S2/c17-13(18,19)7-1-8(14(20,21)22)4-11(3-7)35(31,32)30(29)36(33,34)12-5-9(15(23,24)25)2-10(6-12)16(26,27)28/h1-6H,29H2. The van der Waals surface area contributed by atoms with Gasteiger partial charge in [0.2, 0.25) is 0 Å². The van der Waals surface area contributed by atoms with E-state index in [0.29, 0.717) is 0 Å². The highest BCUT2D eigenvalue weighted by atomic mass is 32.3. The molecule has 0 spiro atoms. The highest BCUT2D eigenvalue weighted by Crippen LogP contribution is 2.40. The predicted octanol–water partition coefficient (Wildman–Crippen LogP) is 5.02. The number of rotatable bonds is 4. The predicted molar refractivity (Wildman–Crippen MR) is 93.3 cm³/mol. The molecule has 2 N–H and O–H groups in total. The monoisotopic (exact) mass is 584 g/mol. The van der Waals surface area contributed by atoms with Crippen molar-refractivity contribution in [2.75, 3.05) is 0 Å². The third-order valence-corrected chi connectivity index (χ3v) is 7.98. The van der Waals surface area contributed by atoms with Gasteiger partial charge in [-0.3, -0.25) is 0 Å². The van der Waals surface area contributed by atoms with Crippen LogP contribution in [0.3, 0.4) is 0 Å². The smallest absolute Gasteiger partial charge is 0.240 e. The Hall–Kier alpha value is -2.58. The summed E-state index contributed by atoms with van der Waals surface area (Å²) in [6, 6.07) is -2.92. The summed E-state index contributed by atoms with van der Waals surface area (Å²) in [7, 11) is -12.3. The molecule has 36 heavy (non-hydrogen) atoms. The highest BCUT2D eigenvalue weighted by Gasteiger charge is 2.43. The maximum absolute atomic E-state index is 13.0. The van der Waals surface area contributed by atoms with Crippen molar-refractivity contribution in [3.05, 3.63) is 58.7 Å². The zero-order valence-corrected chi connectivity index (χ0v) is 18.1. The molecule has 0 saturated carbocycles. The van der Waals surface area contributed by atoms with E-state index < -0.39 is 117 Å². The molecule has 2 aromatic carbocycles. The van der Waals surface area contributed by atoms with E-state index in [1.54, 1.807) is 0 Å². The van der Waals surface area contributed by atoms with Crippen LogP contribution >= 0.6 is 0 Å². The fourth-order valence-electron chi connectivity index (χ4n) is 2.49. The SMILES string of the molecule is NN(S(=O)(=O)c1cc(C(F)(F)F)cc(C(F)(F)F)c1)S(=O)(=O)c1cc(C(F)(F)F)cc(C(F)(F)F)c1. The number of nitrogens with two attached hydrogens (primary N) is 1. The van der Waals surface area contributed by atoms with Crippen LogP contribution in [0.5, 0.6) is 0 Å². The normalized spacial score (nSPS) is 14.4. The largest absolute Gasteiger partial charge is 0.416 e. The lowest BCUT2D eigenvalue weighted by molar-refractivity contribution is -0.145. The van der Waals surface area contributed by atoms with Crippen LogP contribution in [0.2, 0.25) is 0 Å². The van der Waals surface area contributed by atoms with Gasteiger partial charge in [0.05, 0.1) is 32.0 Å². The molecule has 0 aromatic heterocycles. The molecule has 0 bridgehead atoms. The Morgan fingerprint density at radius 3 is 0.833 bits per heavy atom. The molecular formula is C16H8F12N2O4S2. The maximum Gasteiger partial charge on any atom is 0.416 e. The Labute approximate surface area is 193 Å². The van der Waals surface area contributed by atoms with Crippen molar-refractivity contribution in [2.24, 2.45) is 5.84 Å². The van der Waals surface area contributed by atoms with E-state index in [2.05, 4.69) is 0 Å². The average molecular weight is 584 g/mol. The highest BCUT2D eigenvalue weighted by molar-refractivity contribution is 8.04. The van der Waals surface area contributed by atoms with Gasteiger partial charge in [-0.25, -0.2) is 22.7 Å². The van der Waals surface area contributed by atoms with E-state index in [-0.39, 0.29) is 0 Å². The summed E-state index contributed by atoms with van der Waals surface area (Å²) in [6.45, 7) is 0. The van der Waals surface area contributed by atoms with Crippen LogP contribution in [0, 0.1) is 0 Å². The fourth-order valence-corrected chi connectivity index (χ4v) is 5.56. The van der Waals surface area contributed by atoms with Crippen molar-refractivity contribution in [3.63, 3.8) is 0 Å². The second-order valence-corrected chi connectivity index (χ2v) is 10.6. The number of hydrogen-bond donors (Lipinski definition) is 1. The second-order valence-electron chi connectivity index (χ2n) is 6.72. The Kier molecular flexibility index (Phi) is 7.22. The lowest BCUT2D eigenvalue weighted by atomic mass is 10.1. The number of nitrogens with zero attached hydrogens (tertiary/aromatic N) is 1. The van der Waals surface area contributed by atoms with E-state index in [4.69, 9.17) is 5.84 Å². The van der Waals surface area contributed by atoms with Crippen LogP contribution in [0.4, 0.5) is 52.7 Å². The van der Waals surface area contributed by atoms with Gasteiger partial charge in [-0.05, 0) is 40.2 Å².